The molecule has 3 aliphatic rings. The Balaban J connectivity index is 1.96. The minimum Gasteiger partial charge on any atom is -0.371 e. The number of carbonyl (C=O) groups excluding carboxylic acids is 2. The van der Waals surface area contributed by atoms with Gasteiger partial charge in [0.15, 0.2) is 0 Å². The number of piperidine rings is 1. The maximum absolute atomic E-state index is 12.5. The summed E-state index contributed by atoms with van der Waals surface area (Å²) >= 11 is 0. The minimum absolute atomic E-state index is 0.00366. The number of likely N-dealkylation sites (tertiary alicyclic amines) is 1. The van der Waals surface area contributed by atoms with Crippen molar-refractivity contribution in [3.05, 3.63) is 0 Å². The van der Waals surface area contributed by atoms with Crippen LogP contribution in [0, 0.1) is 16.7 Å². The highest BCUT2D eigenvalue weighted by Crippen LogP contribution is 2.60. The minimum atomic E-state index is -0.375. The molecule has 2 aliphatic heterocycles. The molecule has 2 bridgehead atoms. The second-order valence-electron chi connectivity index (χ2n) is 6.35. The normalized spacial score (nSPS) is 43.1. The molecule has 2 amide bonds. The Labute approximate surface area is 101 Å². The zero-order chi connectivity index (χ0) is 12.4. The van der Waals surface area contributed by atoms with Crippen LogP contribution in [0.15, 0.2) is 0 Å². The Hall–Kier alpha value is -0.900. The smallest absolute Gasteiger partial charge is 0.235 e. The molecule has 0 radical (unpaired) electrons. The quantitative estimate of drug-likeness (QED) is 0.535. The molecule has 0 unspecified atom stereocenters. The Morgan fingerprint density at radius 1 is 1.35 bits per heavy atom. The first-order chi connectivity index (χ1) is 7.88. The molecule has 0 spiro atoms. The second kappa shape index (κ2) is 3.10. The van der Waals surface area contributed by atoms with Crippen molar-refractivity contribution in [2.45, 2.75) is 39.7 Å². The van der Waals surface area contributed by atoms with Crippen molar-refractivity contribution in [2.24, 2.45) is 16.7 Å². The predicted molar refractivity (Wildman–Crippen MR) is 61.1 cm³/mol. The Bertz CT molecular complexity index is 399. The van der Waals surface area contributed by atoms with Crippen LogP contribution in [-0.2, 0) is 14.3 Å². The van der Waals surface area contributed by atoms with E-state index < -0.39 is 0 Å². The van der Waals surface area contributed by atoms with E-state index in [-0.39, 0.29) is 34.7 Å². The second-order valence-corrected chi connectivity index (χ2v) is 6.35. The van der Waals surface area contributed by atoms with Crippen molar-refractivity contribution < 1.29 is 14.3 Å². The zero-order valence-corrected chi connectivity index (χ0v) is 10.7. The number of imide groups is 1. The molecule has 2 saturated heterocycles. The van der Waals surface area contributed by atoms with Gasteiger partial charge in [0.05, 0.1) is 24.7 Å². The zero-order valence-electron chi connectivity index (χ0n) is 10.7. The number of hydrogen-bond donors (Lipinski definition) is 0. The van der Waals surface area contributed by atoms with Crippen LogP contribution in [0.5, 0.6) is 0 Å². The molecule has 3 rings (SSSR count). The lowest BCUT2D eigenvalue weighted by Crippen LogP contribution is -2.59. The van der Waals surface area contributed by atoms with Gasteiger partial charge in [0.2, 0.25) is 11.8 Å². The third kappa shape index (κ3) is 1.27. The molecule has 0 N–H and O–H groups in total. The third-order valence-electron chi connectivity index (χ3n) is 5.30. The first-order valence-corrected chi connectivity index (χ1v) is 6.35. The average molecular weight is 237 g/mol. The number of amides is 2. The summed E-state index contributed by atoms with van der Waals surface area (Å²) in [6, 6.07) is 0. The lowest BCUT2D eigenvalue weighted by Gasteiger charge is -2.47. The first-order valence-electron chi connectivity index (χ1n) is 6.35. The van der Waals surface area contributed by atoms with Crippen molar-refractivity contribution in [3.63, 3.8) is 0 Å². The topological polar surface area (TPSA) is 49.9 Å². The van der Waals surface area contributed by atoms with E-state index in [1.807, 2.05) is 6.92 Å². The van der Waals surface area contributed by atoms with E-state index in [0.717, 1.165) is 12.8 Å². The summed E-state index contributed by atoms with van der Waals surface area (Å²) in [5.41, 5.74) is -0.581. The predicted octanol–water partition coefficient (Wildman–Crippen LogP) is 1.20. The summed E-state index contributed by atoms with van der Waals surface area (Å²) in [5, 5.41) is 0. The van der Waals surface area contributed by atoms with Crippen LogP contribution in [0.2, 0.25) is 0 Å². The lowest BCUT2D eigenvalue weighted by atomic mass is 9.62. The van der Waals surface area contributed by atoms with E-state index in [1.165, 1.54) is 4.90 Å². The number of ether oxygens (including phenoxy) is 1. The molecule has 94 valence electrons. The molecule has 1 saturated carbocycles. The van der Waals surface area contributed by atoms with Gasteiger partial charge < -0.3 is 4.74 Å². The largest absolute Gasteiger partial charge is 0.371 e. The lowest BCUT2D eigenvalue weighted by molar-refractivity contribution is -0.168. The van der Waals surface area contributed by atoms with Gasteiger partial charge in [-0.25, -0.2) is 0 Å². The number of carbonyl (C=O) groups is 2. The molecule has 1 aliphatic carbocycles. The van der Waals surface area contributed by atoms with Gasteiger partial charge in [0, 0.05) is 5.92 Å². The highest BCUT2D eigenvalue weighted by atomic mass is 16.6. The molecular formula is C13H19NO3. The fraction of sp³-hybridized carbons (Fsp3) is 0.846. The van der Waals surface area contributed by atoms with Crippen LogP contribution in [0.4, 0.5) is 0 Å². The molecule has 0 aromatic carbocycles. The Morgan fingerprint density at radius 3 is 2.59 bits per heavy atom. The van der Waals surface area contributed by atoms with Gasteiger partial charge in [-0.15, -0.1) is 0 Å². The number of epoxide rings is 1. The van der Waals surface area contributed by atoms with E-state index in [0.29, 0.717) is 13.2 Å². The molecule has 4 nitrogen and oxygen atoms in total. The van der Waals surface area contributed by atoms with Crippen LogP contribution in [0.1, 0.15) is 33.6 Å². The van der Waals surface area contributed by atoms with Gasteiger partial charge in [0.1, 0.15) is 0 Å². The third-order valence-corrected chi connectivity index (χ3v) is 5.30. The van der Waals surface area contributed by atoms with Gasteiger partial charge in [0.25, 0.3) is 0 Å². The number of nitrogens with zero attached hydrogens (tertiary/aromatic N) is 1. The van der Waals surface area contributed by atoms with Gasteiger partial charge in [-0.05, 0) is 18.3 Å². The monoisotopic (exact) mass is 237 g/mol. The maximum atomic E-state index is 12.5. The molecule has 2 heterocycles. The van der Waals surface area contributed by atoms with E-state index >= 15 is 0 Å². The van der Waals surface area contributed by atoms with Gasteiger partial charge in [-0.2, -0.15) is 0 Å². The van der Waals surface area contributed by atoms with Gasteiger partial charge in [-0.3, -0.25) is 14.5 Å². The van der Waals surface area contributed by atoms with E-state index in [4.69, 9.17) is 4.74 Å². The summed E-state index contributed by atoms with van der Waals surface area (Å²) < 4.78 is 5.14. The van der Waals surface area contributed by atoms with Crippen molar-refractivity contribution in [1.29, 1.82) is 0 Å². The van der Waals surface area contributed by atoms with Crippen molar-refractivity contribution in [3.8, 4) is 0 Å². The van der Waals surface area contributed by atoms with Gasteiger partial charge in [-0.1, -0.05) is 20.8 Å². The van der Waals surface area contributed by atoms with E-state index in [2.05, 4.69) is 13.8 Å². The standard InChI is InChI=1S/C13H19NO3/c1-12(2)9-4-5-13(12,3)11(16)14(10(9)15)6-8-7-17-8/h8-9H,4-7H2,1-3H3/t8-,9-,13+/m0/s1. The van der Waals surface area contributed by atoms with Crippen molar-refractivity contribution in [2.75, 3.05) is 13.2 Å². The van der Waals surface area contributed by atoms with Crippen LogP contribution in [0.3, 0.4) is 0 Å². The van der Waals surface area contributed by atoms with E-state index in [1.54, 1.807) is 0 Å². The summed E-state index contributed by atoms with van der Waals surface area (Å²) in [6.07, 6.45) is 1.76. The maximum Gasteiger partial charge on any atom is 0.235 e. The number of rotatable bonds is 2. The molecule has 3 atom stereocenters. The van der Waals surface area contributed by atoms with Crippen LogP contribution < -0.4 is 0 Å². The SMILES string of the molecule is CC1(C)[C@H]2CC[C@]1(C)C(=O)N(C[C@H]1CO1)C2=O. The highest BCUT2D eigenvalue weighted by Gasteiger charge is 2.64. The Kier molecular flexibility index (Phi) is 2.05. The molecule has 17 heavy (non-hydrogen) atoms. The number of hydrogen-bond acceptors (Lipinski definition) is 3. The Morgan fingerprint density at radius 2 is 2.00 bits per heavy atom. The van der Waals surface area contributed by atoms with Crippen molar-refractivity contribution >= 4 is 11.8 Å². The fourth-order valence-electron chi connectivity index (χ4n) is 3.45. The molecule has 0 aromatic rings. The summed E-state index contributed by atoms with van der Waals surface area (Å²) in [4.78, 5) is 26.4. The summed E-state index contributed by atoms with van der Waals surface area (Å²) in [5.74, 6) is 0.0335. The first kappa shape index (κ1) is 11.2. The van der Waals surface area contributed by atoms with Crippen LogP contribution >= 0.6 is 0 Å². The molecule has 4 heteroatoms. The molecule has 0 aromatic heterocycles. The van der Waals surface area contributed by atoms with Crippen LogP contribution in [0.25, 0.3) is 0 Å². The van der Waals surface area contributed by atoms with Gasteiger partial charge >= 0.3 is 0 Å². The fourth-order valence-corrected chi connectivity index (χ4v) is 3.45. The van der Waals surface area contributed by atoms with E-state index in [9.17, 15) is 9.59 Å². The highest BCUT2D eigenvalue weighted by molar-refractivity contribution is 6.03. The number of fused-ring (bicyclic) bond motifs is 2. The molecular weight excluding hydrogens is 218 g/mol. The molecule has 3 fully saturated rings. The van der Waals surface area contributed by atoms with Crippen molar-refractivity contribution in [1.82, 2.24) is 4.90 Å². The van der Waals surface area contributed by atoms with Crippen LogP contribution in [-0.4, -0.2) is 36.0 Å². The summed E-state index contributed by atoms with van der Waals surface area (Å²) in [6.45, 7) is 7.28. The summed E-state index contributed by atoms with van der Waals surface area (Å²) in [7, 11) is 0. The average Bonchev–Trinajstić information content (AvgIpc) is 3.03.